The van der Waals surface area contributed by atoms with Crippen LogP contribution in [0.5, 0.6) is 0 Å². The van der Waals surface area contributed by atoms with Crippen molar-refractivity contribution in [1.82, 2.24) is 5.32 Å². The van der Waals surface area contributed by atoms with Crippen LogP contribution in [-0.4, -0.2) is 21.8 Å². The summed E-state index contributed by atoms with van der Waals surface area (Å²) >= 11 is 1.74. The molecule has 2 N–H and O–H groups in total. The first-order valence-corrected chi connectivity index (χ1v) is 5.82. The van der Waals surface area contributed by atoms with Gasteiger partial charge in [0.1, 0.15) is 0 Å². The zero-order valence-corrected chi connectivity index (χ0v) is 8.82. The Bertz CT molecular complexity index is 173. The Hall–Kier alpha value is -0.380. The van der Waals surface area contributed by atoms with Gasteiger partial charge in [0.25, 0.3) is 0 Å². The molecule has 0 aromatic carbocycles. The van der Waals surface area contributed by atoms with E-state index in [2.05, 4.69) is 12.2 Å². The van der Waals surface area contributed by atoms with Crippen molar-refractivity contribution >= 4 is 17.9 Å². The number of carboxylic acid groups (broad SMARTS) is 1. The molecule has 0 atom stereocenters. The third-order valence-corrected chi connectivity index (χ3v) is 3.77. The lowest BCUT2D eigenvalue weighted by molar-refractivity contribution is 0.182. The van der Waals surface area contributed by atoms with Crippen molar-refractivity contribution < 1.29 is 9.90 Å². The number of hydrogen-bond acceptors (Lipinski definition) is 2. The number of nitrogens with one attached hydrogen (secondary N) is 1. The lowest BCUT2D eigenvalue weighted by Crippen LogP contribution is -2.46. The van der Waals surface area contributed by atoms with Crippen molar-refractivity contribution in [1.29, 1.82) is 0 Å². The van der Waals surface area contributed by atoms with Crippen molar-refractivity contribution in [2.24, 2.45) is 0 Å². The highest BCUT2D eigenvalue weighted by Gasteiger charge is 2.33. The molecule has 3 nitrogen and oxygen atoms in total. The molecular weight excluding hydrogens is 186 g/mol. The quantitative estimate of drug-likeness (QED) is 0.693. The summed E-state index contributed by atoms with van der Waals surface area (Å²) in [6.45, 7) is 2.07. The van der Waals surface area contributed by atoms with Crippen LogP contribution in [0.25, 0.3) is 0 Å². The molecule has 0 saturated heterocycles. The molecule has 1 saturated carbocycles. The van der Waals surface area contributed by atoms with Crippen LogP contribution in [-0.2, 0) is 0 Å². The van der Waals surface area contributed by atoms with Crippen LogP contribution >= 0.6 is 11.8 Å². The van der Waals surface area contributed by atoms with E-state index in [1.54, 1.807) is 11.8 Å². The summed E-state index contributed by atoms with van der Waals surface area (Å²) in [5, 5.41) is 11.4. The summed E-state index contributed by atoms with van der Waals surface area (Å²) < 4.78 is 0. The zero-order valence-electron chi connectivity index (χ0n) is 8.01. The summed E-state index contributed by atoms with van der Waals surface area (Å²) in [6.07, 6.45) is 4.62. The fourth-order valence-electron chi connectivity index (χ4n) is 1.90. The van der Waals surface area contributed by atoms with Crippen molar-refractivity contribution in [3.8, 4) is 0 Å². The molecule has 4 heteroatoms. The van der Waals surface area contributed by atoms with Crippen LogP contribution in [0.15, 0.2) is 0 Å². The van der Waals surface area contributed by atoms with Crippen molar-refractivity contribution in [3.05, 3.63) is 0 Å². The minimum absolute atomic E-state index is 0.182. The fourth-order valence-corrected chi connectivity index (χ4v) is 3.19. The van der Waals surface area contributed by atoms with E-state index < -0.39 is 6.09 Å². The third kappa shape index (κ3) is 3.10. The SMILES string of the molecule is CCSC1(NC(=O)O)CCCCC1. The predicted molar refractivity (Wildman–Crippen MR) is 55.1 cm³/mol. The highest BCUT2D eigenvalue weighted by molar-refractivity contribution is 8.00. The minimum Gasteiger partial charge on any atom is -0.465 e. The van der Waals surface area contributed by atoms with Gasteiger partial charge in [0.2, 0.25) is 0 Å². The van der Waals surface area contributed by atoms with Crippen molar-refractivity contribution in [2.45, 2.75) is 43.9 Å². The summed E-state index contributed by atoms with van der Waals surface area (Å²) in [4.78, 5) is 10.4. The Morgan fingerprint density at radius 2 is 2.08 bits per heavy atom. The Morgan fingerprint density at radius 1 is 1.46 bits per heavy atom. The summed E-state index contributed by atoms with van der Waals surface area (Å²) in [7, 11) is 0. The highest BCUT2D eigenvalue weighted by atomic mass is 32.2. The van der Waals surface area contributed by atoms with Gasteiger partial charge in [0.15, 0.2) is 0 Å². The number of carbonyl (C=O) groups is 1. The van der Waals surface area contributed by atoms with Crippen molar-refractivity contribution in [3.63, 3.8) is 0 Å². The van der Waals surface area contributed by atoms with Crippen LogP contribution in [0.2, 0.25) is 0 Å². The Morgan fingerprint density at radius 3 is 2.54 bits per heavy atom. The first-order valence-electron chi connectivity index (χ1n) is 4.83. The maximum Gasteiger partial charge on any atom is 0.405 e. The second-order valence-electron chi connectivity index (χ2n) is 3.42. The maximum absolute atomic E-state index is 10.6. The van der Waals surface area contributed by atoms with Crippen LogP contribution in [0, 0.1) is 0 Å². The lowest BCUT2D eigenvalue weighted by atomic mass is 9.95. The van der Waals surface area contributed by atoms with Crippen LogP contribution < -0.4 is 5.32 Å². The van der Waals surface area contributed by atoms with Gasteiger partial charge >= 0.3 is 6.09 Å². The van der Waals surface area contributed by atoms with E-state index in [1.807, 2.05) is 0 Å². The lowest BCUT2D eigenvalue weighted by Gasteiger charge is -2.36. The molecule has 0 bridgehead atoms. The molecule has 1 aliphatic carbocycles. The van der Waals surface area contributed by atoms with Crippen LogP contribution in [0.1, 0.15) is 39.0 Å². The molecule has 0 spiro atoms. The minimum atomic E-state index is -0.886. The molecule has 1 amide bonds. The van der Waals surface area contributed by atoms with Gasteiger partial charge in [0, 0.05) is 0 Å². The highest BCUT2D eigenvalue weighted by Crippen LogP contribution is 2.37. The molecule has 0 aromatic rings. The number of amides is 1. The van der Waals surface area contributed by atoms with Gasteiger partial charge in [-0.05, 0) is 18.6 Å². The fraction of sp³-hybridized carbons (Fsp3) is 0.889. The Labute approximate surface area is 83.3 Å². The number of hydrogen-bond donors (Lipinski definition) is 2. The number of thioether (sulfide) groups is 1. The third-order valence-electron chi connectivity index (χ3n) is 2.42. The smallest absolute Gasteiger partial charge is 0.405 e. The van der Waals surface area contributed by atoms with Crippen LogP contribution in [0.4, 0.5) is 4.79 Å². The van der Waals surface area contributed by atoms with Gasteiger partial charge < -0.3 is 10.4 Å². The van der Waals surface area contributed by atoms with E-state index >= 15 is 0 Å². The molecule has 0 aliphatic heterocycles. The topological polar surface area (TPSA) is 49.3 Å². The summed E-state index contributed by atoms with van der Waals surface area (Å²) in [5.41, 5.74) is 0. The van der Waals surface area contributed by atoms with Gasteiger partial charge in [-0.3, -0.25) is 0 Å². The van der Waals surface area contributed by atoms with Gasteiger partial charge in [0.05, 0.1) is 4.87 Å². The molecule has 1 rings (SSSR count). The van der Waals surface area contributed by atoms with E-state index in [4.69, 9.17) is 5.11 Å². The van der Waals surface area contributed by atoms with E-state index in [-0.39, 0.29) is 4.87 Å². The average molecular weight is 203 g/mol. The summed E-state index contributed by atoms with van der Waals surface area (Å²) in [6, 6.07) is 0. The second kappa shape index (κ2) is 4.74. The molecule has 13 heavy (non-hydrogen) atoms. The Kier molecular flexibility index (Phi) is 3.90. The molecule has 76 valence electrons. The van der Waals surface area contributed by atoms with E-state index in [1.165, 1.54) is 6.42 Å². The van der Waals surface area contributed by atoms with Gasteiger partial charge in [-0.25, -0.2) is 4.79 Å². The van der Waals surface area contributed by atoms with E-state index in [9.17, 15) is 4.79 Å². The second-order valence-corrected chi connectivity index (χ2v) is 5.07. The molecule has 0 radical (unpaired) electrons. The predicted octanol–water partition coefficient (Wildman–Crippen LogP) is 2.67. The zero-order chi connectivity index (χ0) is 9.73. The van der Waals surface area contributed by atoms with Gasteiger partial charge in [-0.1, -0.05) is 26.2 Å². The monoisotopic (exact) mass is 203 g/mol. The molecular formula is C9H17NO2S. The first kappa shape index (κ1) is 10.7. The maximum atomic E-state index is 10.6. The molecule has 1 fully saturated rings. The van der Waals surface area contributed by atoms with Gasteiger partial charge in [-0.2, -0.15) is 0 Å². The van der Waals surface area contributed by atoms with Gasteiger partial charge in [-0.15, -0.1) is 11.8 Å². The first-order chi connectivity index (χ1) is 6.18. The molecule has 0 aromatic heterocycles. The van der Waals surface area contributed by atoms with Crippen molar-refractivity contribution in [2.75, 3.05) is 5.75 Å². The Balaban J connectivity index is 2.55. The van der Waals surface area contributed by atoms with Crippen LogP contribution in [0.3, 0.4) is 0 Å². The molecule has 1 aliphatic rings. The van der Waals surface area contributed by atoms with E-state index in [0.717, 1.165) is 31.4 Å². The van der Waals surface area contributed by atoms with E-state index in [0.29, 0.717) is 0 Å². The standard InChI is InChI=1S/C9H17NO2S/c1-2-13-9(10-8(11)12)6-4-3-5-7-9/h10H,2-7H2,1H3,(H,11,12). The largest absolute Gasteiger partial charge is 0.465 e. The number of rotatable bonds is 3. The average Bonchev–Trinajstić information content (AvgIpc) is 2.04. The normalized spacial score (nSPS) is 21.0. The molecule has 0 heterocycles. The molecule has 0 unspecified atom stereocenters. The summed E-state index contributed by atoms with van der Waals surface area (Å²) in [5.74, 6) is 0.972.